The van der Waals surface area contributed by atoms with E-state index < -0.39 is 11.9 Å². The first kappa shape index (κ1) is 13.3. The molecule has 0 bridgehead atoms. The second-order valence-electron chi connectivity index (χ2n) is 3.08. The molecule has 0 aliphatic carbocycles. The van der Waals surface area contributed by atoms with Crippen molar-refractivity contribution in [2.45, 2.75) is 6.10 Å². The Morgan fingerprint density at radius 2 is 2.19 bits per heavy atom. The summed E-state index contributed by atoms with van der Waals surface area (Å²) in [5.41, 5.74) is 5.32. The summed E-state index contributed by atoms with van der Waals surface area (Å²) in [7, 11) is 1.38. The quantitative estimate of drug-likeness (QED) is 0.808. The fourth-order valence-corrected chi connectivity index (χ4v) is 1.81. The topological polar surface area (TPSA) is 72.5 Å². The lowest BCUT2D eigenvalue weighted by Crippen LogP contribution is -2.29. The molecule has 1 aromatic carbocycles. The molecule has 0 spiro atoms. The van der Waals surface area contributed by atoms with Crippen molar-refractivity contribution in [3.05, 3.63) is 27.7 Å². The number of rotatable bonds is 4. The molecule has 0 radical (unpaired) electrons. The van der Waals surface area contributed by atoms with E-state index >= 15 is 0 Å². The number of aliphatic hydroxyl groups excluding tert-OH is 1. The third kappa shape index (κ3) is 2.65. The maximum atomic E-state index is 11.7. The molecule has 0 aliphatic rings. The van der Waals surface area contributed by atoms with Gasteiger partial charge in [0.1, 0.15) is 11.9 Å². The molecular weight excluding hydrogens is 253 g/mol. The molecular formula is C10H11Cl2NO3. The van der Waals surface area contributed by atoms with Gasteiger partial charge in [-0.25, -0.2) is 0 Å². The summed E-state index contributed by atoms with van der Waals surface area (Å²) in [6.07, 6.45) is -1.29. The fraction of sp³-hybridized carbons (Fsp3) is 0.300. The highest BCUT2D eigenvalue weighted by atomic mass is 35.5. The van der Waals surface area contributed by atoms with Gasteiger partial charge in [0.05, 0.1) is 17.7 Å². The van der Waals surface area contributed by atoms with Gasteiger partial charge in [-0.2, -0.15) is 0 Å². The number of aliphatic hydroxyl groups is 1. The van der Waals surface area contributed by atoms with Crippen molar-refractivity contribution in [2.75, 3.05) is 13.7 Å². The SMILES string of the molecule is COc1c(Cl)cc(Cl)cc1C(=O)C(O)CN. The van der Waals surface area contributed by atoms with E-state index in [-0.39, 0.29) is 22.9 Å². The van der Waals surface area contributed by atoms with Crippen molar-refractivity contribution in [3.63, 3.8) is 0 Å². The van der Waals surface area contributed by atoms with Crippen LogP contribution in [-0.2, 0) is 0 Å². The van der Waals surface area contributed by atoms with Gasteiger partial charge < -0.3 is 15.6 Å². The van der Waals surface area contributed by atoms with Crippen molar-refractivity contribution >= 4 is 29.0 Å². The van der Waals surface area contributed by atoms with Crippen molar-refractivity contribution in [1.82, 2.24) is 0 Å². The van der Waals surface area contributed by atoms with Crippen molar-refractivity contribution < 1.29 is 14.6 Å². The average Bonchev–Trinajstić information content (AvgIpc) is 2.26. The molecule has 3 N–H and O–H groups in total. The van der Waals surface area contributed by atoms with Gasteiger partial charge in [0.2, 0.25) is 0 Å². The van der Waals surface area contributed by atoms with Gasteiger partial charge in [0.15, 0.2) is 5.78 Å². The zero-order valence-corrected chi connectivity index (χ0v) is 10.0. The molecule has 0 heterocycles. The predicted molar refractivity (Wildman–Crippen MR) is 62.4 cm³/mol. The summed E-state index contributed by atoms with van der Waals surface area (Å²) >= 11 is 11.6. The van der Waals surface area contributed by atoms with Gasteiger partial charge in [0, 0.05) is 11.6 Å². The van der Waals surface area contributed by atoms with Gasteiger partial charge in [-0.3, -0.25) is 4.79 Å². The largest absolute Gasteiger partial charge is 0.494 e. The Morgan fingerprint density at radius 3 is 2.69 bits per heavy atom. The minimum Gasteiger partial charge on any atom is -0.494 e. The summed E-state index contributed by atoms with van der Waals surface area (Å²) < 4.78 is 4.98. The Balaban J connectivity index is 3.26. The molecule has 0 fully saturated rings. The summed E-state index contributed by atoms with van der Waals surface area (Å²) in [5, 5.41) is 9.87. The Labute approximate surface area is 103 Å². The normalized spacial score (nSPS) is 12.3. The molecule has 1 unspecified atom stereocenters. The fourth-order valence-electron chi connectivity index (χ4n) is 1.24. The Morgan fingerprint density at radius 1 is 1.56 bits per heavy atom. The monoisotopic (exact) mass is 263 g/mol. The molecule has 88 valence electrons. The van der Waals surface area contributed by atoms with Gasteiger partial charge in [-0.05, 0) is 12.1 Å². The van der Waals surface area contributed by atoms with Crippen LogP contribution in [0.3, 0.4) is 0 Å². The highest BCUT2D eigenvalue weighted by molar-refractivity contribution is 6.36. The van der Waals surface area contributed by atoms with Crippen LogP contribution >= 0.6 is 23.2 Å². The zero-order valence-electron chi connectivity index (χ0n) is 8.54. The van der Waals surface area contributed by atoms with Crippen LogP contribution in [0.4, 0.5) is 0 Å². The number of hydrogen-bond acceptors (Lipinski definition) is 4. The van der Waals surface area contributed by atoms with E-state index in [0.717, 1.165) is 0 Å². The van der Waals surface area contributed by atoms with Crippen molar-refractivity contribution in [1.29, 1.82) is 0 Å². The molecule has 1 atom stereocenters. The summed E-state index contributed by atoms with van der Waals surface area (Å²) in [6.45, 7) is -0.174. The lowest BCUT2D eigenvalue weighted by Gasteiger charge is -2.12. The molecule has 6 heteroatoms. The number of Topliss-reactive ketones (excluding diaryl/α,β-unsaturated/α-hetero) is 1. The third-order valence-electron chi connectivity index (χ3n) is 2.00. The number of ether oxygens (including phenoxy) is 1. The van der Waals surface area contributed by atoms with Crippen LogP contribution in [0.15, 0.2) is 12.1 Å². The van der Waals surface area contributed by atoms with E-state index in [0.29, 0.717) is 5.02 Å². The van der Waals surface area contributed by atoms with Crippen LogP contribution < -0.4 is 10.5 Å². The van der Waals surface area contributed by atoms with E-state index in [1.54, 1.807) is 0 Å². The van der Waals surface area contributed by atoms with Crippen molar-refractivity contribution in [2.24, 2.45) is 5.73 Å². The number of carbonyl (C=O) groups is 1. The Hall–Kier alpha value is -0.810. The summed E-state index contributed by atoms with van der Waals surface area (Å²) in [4.78, 5) is 11.7. The van der Waals surface area contributed by atoms with E-state index in [4.69, 9.17) is 33.7 Å². The molecule has 16 heavy (non-hydrogen) atoms. The second-order valence-corrected chi connectivity index (χ2v) is 3.93. The molecule has 0 saturated carbocycles. The van der Waals surface area contributed by atoms with Gasteiger partial charge in [-0.1, -0.05) is 23.2 Å². The first-order valence-electron chi connectivity index (χ1n) is 4.46. The van der Waals surface area contributed by atoms with E-state index in [9.17, 15) is 9.90 Å². The van der Waals surface area contributed by atoms with E-state index in [2.05, 4.69) is 0 Å². The van der Waals surface area contributed by atoms with Gasteiger partial charge in [0.25, 0.3) is 0 Å². The smallest absolute Gasteiger partial charge is 0.196 e. The lowest BCUT2D eigenvalue weighted by molar-refractivity contribution is 0.0760. The lowest BCUT2D eigenvalue weighted by atomic mass is 10.1. The Kier molecular flexibility index (Phi) is 4.56. The third-order valence-corrected chi connectivity index (χ3v) is 2.50. The zero-order chi connectivity index (χ0) is 12.3. The van der Waals surface area contributed by atoms with Gasteiger partial charge >= 0.3 is 0 Å². The standard InChI is InChI=1S/C10H11Cl2NO3/c1-16-10-6(9(15)8(14)4-13)2-5(11)3-7(10)12/h2-3,8,14H,4,13H2,1H3. The maximum Gasteiger partial charge on any atom is 0.196 e. The molecule has 1 aromatic rings. The van der Waals surface area contributed by atoms with Crippen LogP contribution in [0, 0.1) is 0 Å². The highest BCUT2D eigenvalue weighted by Crippen LogP contribution is 2.32. The van der Waals surface area contributed by atoms with Crippen LogP contribution in [-0.4, -0.2) is 30.6 Å². The highest BCUT2D eigenvalue weighted by Gasteiger charge is 2.22. The van der Waals surface area contributed by atoms with E-state index in [1.165, 1.54) is 19.2 Å². The first-order valence-corrected chi connectivity index (χ1v) is 5.22. The minimum atomic E-state index is -1.29. The Bertz CT molecular complexity index is 409. The van der Waals surface area contributed by atoms with Crippen LogP contribution in [0.2, 0.25) is 10.0 Å². The maximum absolute atomic E-state index is 11.7. The second kappa shape index (κ2) is 5.50. The number of halogens is 2. The van der Waals surface area contributed by atoms with Gasteiger partial charge in [-0.15, -0.1) is 0 Å². The predicted octanol–water partition coefficient (Wildman–Crippen LogP) is 1.50. The number of hydrogen-bond donors (Lipinski definition) is 2. The molecule has 4 nitrogen and oxygen atoms in total. The van der Waals surface area contributed by atoms with E-state index in [1.807, 2.05) is 0 Å². The summed E-state index contributed by atoms with van der Waals surface area (Å²) in [6, 6.07) is 2.83. The number of nitrogens with two attached hydrogens (primary N) is 1. The molecule has 0 amide bonds. The summed E-state index contributed by atoms with van der Waals surface area (Å²) in [5.74, 6) is -0.382. The molecule has 0 saturated heterocycles. The van der Waals surface area contributed by atoms with Crippen molar-refractivity contribution in [3.8, 4) is 5.75 Å². The van der Waals surface area contributed by atoms with Crippen LogP contribution in [0.1, 0.15) is 10.4 Å². The number of methoxy groups -OCH3 is 1. The first-order chi connectivity index (χ1) is 7.51. The minimum absolute atomic E-state index is 0.123. The molecule has 0 aromatic heterocycles. The number of benzene rings is 1. The number of carbonyl (C=O) groups excluding carboxylic acids is 1. The van der Waals surface area contributed by atoms with Crippen LogP contribution in [0.25, 0.3) is 0 Å². The van der Waals surface area contributed by atoms with Crippen LogP contribution in [0.5, 0.6) is 5.75 Å². The molecule has 0 aliphatic heterocycles. The average molecular weight is 264 g/mol. The molecule has 1 rings (SSSR count). The number of ketones is 1.